The van der Waals surface area contributed by atoms with Gasteiger partial charge in [-0.3, -0.25) is 19.3 Å². The average molecular weight is 325 g/mol. The molecule has 6 nitrogen and oxygen atoms in total. The summed E-state index contributed by atoms with van der Waals surface area (Å²) >= 11 is 0. The third-order valence-electron chi connectivity index (χ3n) is 4.02. The molecule has 1 aliphatic heterocycles. The lowest BCUT2D eigenvalue weighted by molar-refractivity contribution is -0.121. The van der Waals surface area contributed by atoms with Crippen molar-refractivity contribution in [1.82, 2.24) is 14.8 Å². The lowest BCUT2D eigenvalue weighted by Gasteiger charge is -2.13. The zero-order valence-electron chi connectivity index (χ0n) is 13.3. The fourth-order valence-electron chi connectivity index (χ4n) is 2.75. The molecule has 3 rings (SSSR count). The first-order chi connectivity index (χ1) is 11.7. The molecule has 2 aromatic rings. The zero-order valence-corrected chi connectivity index (χ0v) is 13.3. The average Bonchev–Trinajstić information content (AvgIpc) is 3.19. The molecule has 0 saturated heterocycles. The first-order valence-electron chi connectivity index (χ1n) is 7.99. The van der Waals surface area contributed by atoms with Crippen LogP contribution in [0.3, 0.4) is 0 Å². The third-order valence-corrected chi connectivity index (χ3v) is 4.02. The first-order valence-corrected chi connectivity index (χ1v) is 7.99. The van der Waals surface area contributed by atoms with Crippen molar-refractivity contribution in [3.63, 3.8) is 0 Å². The van der Waals surface area contributed by atoms with Gasteiger partial charge in [0.15, 0.2) is 0 Å². The van der Waals surface area contributed by atoms with Gasteiger partial charge in [-0.2, -0.15) is 0 Å². The Kier molecular flexibility index (Phi) is 4.74. The van der Waals surface area contributed by atoms with Crippen LogP contribution in [-0.4, -0.2) is 40.3 Å². The minimum atomic E-state index is -0.323. The van der Waals surface area contributed by atoms with Crippen LogP contribution in [0.25, 0.3) is 0 Å². The number of fused-ring (bicyclic) bond motifs is 1. The number of carbonyl (C=O) groups excluding carboxylic acids is 3. The predicted octanol–water partition coefficient (Wildman–Crippen LogP) is 1.68. The Morgan fingerprint density at radius 1 is 0.917 bits per heavy atom. The van der Waals surface area contributed by atoms with Crippen molar-refractivity contribution in [1.29, 1.82) is 0 Å². The fraction of sp³-hybridized carbons (Fsp3) is 0.278. The number of aryl methyl sites for hydroxylation is 1. The SMILES string of the molecule is O=C(CCN1C(=O)c2ccccc2C1=O)NCCCn1cccc1. The second kappa shape index (κ2) is 7.12. The molecule has 124 valence electrons. The summed E-state index contributed by atoms with van der Waals surface area (Å²) in [6.07, 6.45) is 4.90. The minimum absolute atomic E-state index is 0.107. The first kappa shape index (κ1) is 16.0. The van der Waals surface area contributed by atoms with Gasteiger partial charge < -0.3 is 9.88 Å². The molecule has 0 unspecified atom stereocenters. The summed E-state index contributed by atoms with van der Waals surface area (Å²) in [5.41, 5.74) is 0.823. The highest BCUT2D eigenvalue weighted by atomic mass is 16.2. The van der Waals surface area contributed by atoms with Crippen molar-refractivity contribution in [2.45, 2.75) is 19.4 Å². The van der Waals surface area contributed by atoms with Gasteiger partial charge in [0.2, 0.25) is 5.91 Å². The van der Waals surface area contributed by atoms with Crippen molar-refractivity contribution in [3.8, 4) is 0 Å². The van der Waals surface area contributed by atoms with Crippen LogP contribution in [0.15, 0.2) is 48.8 Å². The summed E-state index contributed by atoms with van der Waals surface area (Å²) in [7, 11) is 0. The van der Waals surface area contributed by atoms with E-state index in [0.717, 1.165) is 17.9 Å². The summed E-state index contributed by atoms with van der Waals surface area (Å²) in [5, 5.41) is 2.82. The largest absolute Gasteiger partial charge is 0.356 e. The lowest BCUT2D eigenvalue weighted by atomic mass is 10.1. The van der Waals surface area contributed by atoms with Crippen molar-refractivity contribution in [3.05, 3.63) is 59.9 Å². The molecule has 1 aromatic heterocycles. The molecular formula is C18H19N3O3. The van der Waals surface area contributed by atoms with Gasteiger partial charge in [0.05, 0.1) is 11.1 Å². The molecule has 0 saturated carbocycles. The molecule has 2 heterocycles. The van der Waals surface area contributed by atoms with E-state index in [1.807, 2.05) is 29.1 Å². The van der Waals surface area contributed by atoms with Gasteiger partial charge in [-0.05, 0) is 30.7 Å². The van der Waals surface area contributed by atoms with Crippen LogP contribution in [-0.2, 0) is 11.3 Å². The van der Waals surface area contributed by atoms with E-state index in [1.54, 1.807) is 24.3 Å². The summed E-state index contributed by atoms with van der Waals surface area (Å²) in [6, 6.07) is 10.6. The van der Waals surface area contributed by atoms with E-state index < -0.39 is 0 Å². The van der Waals surface area contributed by atoms with Gasteiger partial charge in [-0.15, -0.1) is 0 Å². The molecule has 0 spiro atoms. The number of imide groups is 1. The number of aromatic nitrogens is 1. The summed E-state index contributed by atoms with van der Waals surface area (Å²) in [6.45, 7) is 1.51. The topological polar surface area (TPSA) is 71.4 Å². The summed E-state index contributed by atoms with van der Waals surface area (Å²) in [4.78, 5) is 37.4. The Balaban J connectivity index is 1.42. The number of nitrogens with zero attached hydrogens (tertiary/aromatic N) is 2. The molecule has 3 amide bonds. The number of benzene rings is 1. The van der Waals surface area contributed by atoms with Crippen LogP contribution in [0.4, 0.5) is 0 Å². The van der Waals surface area contributed by atoms with E-state index in [9.17, 15) is 14.4 Å². The molecule has 1 N–H and O–H groups in total. The van der Waals surface area contributed by atoms with Gasteiger partial charge in [0, 0.05) is 38.4 Å². The highest BCUT2D eigenvalue weighted by molar-refractivity contribution is 6.21. The van der Waals surface area contributed by atoms with E-state index in [0.29, 0.717) is 17.7 Å². The Hall–Kier alpha value is -2.89. The molecule has 0 bridgehead atoms. The van der Waals surface area contributed by atoms with Crippen LogP contribution >= 0.6 is 0 Å². The van der Waals surface area contributed by atoms with E-state index in [2.05, 4.69) is 5.32 Å². The lowest BCUT2D eigenvalue weighted by Crippen LogP contribution is -2.35. The normalized spacial score (nSPS) is 13.2. The third kappa shape index (κ3) is 3.37. The quantitative estimate of drug-likeness (QED) is 0.622. The van der Waals surface area contributed by atoms with Gasteiger partial charge >= 0.3 is 0 Å². The Labute approximate surface area is 140 Å². The maximum atomic E-state index is 12.2. The van der Waals surface area contributed by atoms with Crippen molar-refractivity contribution < 1.29 is 14.4 Å². The van der Waals surface area contributed by atoms with Crippen LogP contribution < -0.4 is 5.32 Å². The van der Waals surface area contributed by atoms with Crippen molar-refractivity contribution >= 4 is 17.7 Å². The number of rotatable bonds is 7. The van der Waals surface area contributed by atoms with Crippen molar-refractivity contribution in [2.75, 3.05) is 13.1 Å². The van der Waals surface area contributed by atoms with Gasteiger partial charge in [0.25, 0.3) is 11.8 Å². The number of amides is 3. The molecule has 1 aromatic carbocycles. The highest BCUT2D eigenvalue weighted by Crippen LogP contribution is 2.22. The summed E-state index contributed by atoms with van der Waals surface area (Å²) in [5.74, 6) is -0.800. The summed E-state index contributed by atoms with van der Waals surface area (Å²) < 4.78 is 2.05. The van der Waals surface area contributed by atoms with Crippen LogP contribution in [0.2, 0.25) is 0 Å². The number of carbonyl (C=O) groups is 3. The maximum absolute atomic E-state index is 12.2. The van der Waals surface area contributed by atoms with E-state index in [-0.39, 0.29) is 30.7 Å². The number of hydrogen-bond donors (Lipinski definition) is 1. The smallest absolute Gasteiger partial charge is 0.261 e. The van der Waals surface area contributed by atoms with E-state index >= 15 is 0 Å². The number of hydrogen-bond acceptors (Lipinski definition) is 3. The molecule has 0 atom stereocenters. The Bertz CT molecular complexity index is 718. The van der Waals surface area contributed by atoms with E-state index in [4.69, 9.17) is 0 Å². The molecule has 0 radical (unpaired) electrons. The molecule has 6 heteroatoms. The standard InChI is InChI=1S/C18H19N3O3/c22-16(19-9-5-12-20-10-3-4-11-20)8-13-21-17(23)14-6-1-2-7-15(14)18(21)24/h1-4,6-7,10-11H,5,8-9,12-13H2,(H,19,22). The minimum Gasteiger partial charge on any atom is -0.356 e. The molecular weight excluding hydrogens is 306 g/mol. The molecule has 24 heavy (non-hydrogen) atoms. The van der Waals surface area contributed by atoms with E-state index in [1.165, 1.54) is 0 Å². The Morgan fingerprint density at radius 3 is 2.17 bits per heavy atom. The zero-order chi connectivity index (χ0) is 16.9. The Morgan fingerprint density at radius 2 is 1.54 bits per heavy atom. The van der Waals surface area contributed by atoms with Gasteiger partial charge in [0.1, 0.15) is 0 Å². The second-order valence-corrected chi connectivity index (χ2v) is 5.68. The highest BCUT2D eigenvalue weighted by Gasteiger charge is 2.34. The monoisotopic (exact) mass is 325 g/mol. The van der Waals surface area contributed by atoms with Crippen LogP contribution in [0.5, 0.6) is 0 Å². The molecule has 0 aliphatic carbocycles. The van der Waals surface area contributed by atoms with Crippen LogP contribution in [0.1, 0.15) is 33.6 Å². The van der Waals surface area contributed by atoms with Gasteiger partial charge in [-0.1, -0.05) is 12.1 Å². The number of nitrogens with one attached hydrogen (secondary N) is 1. The van der Waals surface area contributed by atoms with Crippen LogP contribution in [0, 0.1) is 0 Å². The molecule has 0 fully saturated rings. The predicted molar refractivity (Wildman–Crippen MR) is 88.5 cm³/mol. The fourth-order valence-corrected chi connectivity index (χ4v) is 2.75. The van der Waals surface area contributed by atoms with Gasteiger partial charge in [-0.25, -0.2) is 0 Å². The molecule has 1 aliphatic rings. The second-order valence-electron chi connectivity index (χ2n) is 5.68. The van der Waals surface area contributed by atoms with Crippen molar-refractivity contribution in [2.24, 2.45) is 0 Å². The maximum Gasteiger partial charge on any atom is 0.261 e.